The van der Waals surface area contributed by atoms with Gasteiger partial charge in [0, 0.05) is 33.5 Å². The highest BCUT2D eigenvalue weighted by Crippen LogP contribution is 2.57. The van der Waals surface area contributed by atoms with Gasteiger partial charge >= 0.3 is 0 Å². The minimum atomic E-state index is -0.528. The first-order valence-corrected chi connectivity index (χ1v) is 23.8. The molecule has 2 heteroatoms. The van der Waals surface area contributed by atoms with Gasteiger partial charge in [0.2, 0.25) is 0 Å². The van der Waals surface area contributed by atoms with Crippen molar-refractivity contribution in [2.24, 2.45) is 0 Å². The molecule has 0 amide bonds. The fraction of sp³-hybridized carbons (Fsp3) is 0.0149. The molecule has 2 nitrogen and oxygen atoms in total. The molecule has 0 N–H and O–H groups in total. The molecule has 0 atom stereocenters. The Labute approximate surface area is 403 Å². The van der Waals surface area contributed by atoms with E-state index < -0.39 is 5.41 Å². The van der Waals surface area contributed by atoms with E-state index in [1.165, 1.54) is 83.0 Å². The van der Waals surface area contributed by atoms with Crippen LogP contribution in [0.15, 0.2) is 279 Å². The van der Waals surface area contributed by atoms with Gasteiger partial charge in [-0.1, -0.05) is 218 Å². The fourth-order valence-electron chi connectivity index (χ4n) is 11.2. The van der Waals surface area contributed by atoms with Crippen molar-refractivity contribution in [1.29, 1.82) is 0 Å². The van der Waals surface area contributed by atoms with Gasteiger partial charge in [-0.2, -0.15) is 0 Å². The van der Waals surface area contributed by atoms with Crippen molar-refractivity contribution in [3.05, 3.63) is 301 Å². The third kappa shape index (κ3) is 6.64. The summed E-state index contributed by atoms with van der Waals surface area (Å²) in [5.74, 6) is 0. The average Bonchev–Trinajstić information content (AvgIpc) is 3.93. The van der Waals surface area contributed by atoms with Crippen LogP contribution in [0.3, 0.4) is 0 Å². The summed E-state index contributed by atoms with van der Waals surface area (Å²) >= 11 is 0. The molecule has 0 radical (unpaired) electrons. The summed E-state index contributed by atoms with van der Waals surface area (Å²) in [6, 6.07) is 102. The van der Waals surface area contributed by atoms with Crippen molar-refractivity contribution in [3.63, 3.8) is 0 Å². The second-order valence-corrected chi connectivity index (χ2v) is 18.0. The van der Waals surface area contributed by atoms with Crippen molar-refractivity contribution in [3.8, 4) is 50.2 Å². The predicted molar refractivity (Wildman–Crippen MR) is 289 cm³/mol. The van der Waals surface area contributed by atoms with Gasteiger partial charge in [-0.15, -0.1) is 0 Å². The van der Waals surface area contributed by atoms with E-state index in [1.807, 2.05) is 0 Å². The molecule has 0 aliphatic heterocycles. The van der Waals surface area contributed by atoms with Crippen LogP contribution < -0.4 is 4.90 Å². The molecule has 69 heavy (non-hydrogen) atoms. The Morgan fingerprint density at radius 3 is 1.51 bits per heavy atom. The molecule has 1 aromatic heterocycles. The van der Waals surface area contributed by atoms with Crippen LogP contribution in [0.1, 0.15) is 22.3 Å². The van der Waals surface area contributed by atoms with Crippen LogP contribution >= 0.6 is 0 Å². The monoisotopic (exact) mass is 878 g/mol. The number of hydrogen-bond acceptors (Lipinski definition) is 1. The molecule has 0 spiro atoms. The van der Waals surface area contributed by atoms with Crippen molar-refractivity contribution in [1.82, 2.24) is 4.57 Å². The van der Waals surface area contributed by atoms with Crippen molar-refractivity contribution in [2.45, 2.75) is 5.41 Å². The van der Waals surface area contributed by atoms with Crippen LogP contribution in [0.2, 0.25) is 0 Å². The molecule has 12 aromatic rings. The number of nitrogens with zero attached hydrogens (tertiary/aromatic N) is 2. The Morgan fingerprint density at radius 2 is 0.783 bits per heavy atom. The smallest absolute Gasteiger partial charge is 0.0714 e. The minimum absolute atomic E-state index is 0.528. The molecule has 324 valence electrons. The SMILES string of the molecule is c1ccc(-c2ccc(-c3cccc(N(c4ccc(-c5cccc6c5c5ccccc5n6-c5ccccc5)cc4)c4ccc5c(c4)C(c4ccccc4)(c4ccccc4)c4ccccc4-5)c3)cc2)cc1. The molecule has 11 aromatic carbocycles. The van der Waals surface area contributed by atoms with Crippen LogP contribution in [0, 0.1) is 0 Å². The fourth-order valence-corrected chi connectivity index (χ4v) is 11.2. The van der Waals surface area contributed by atoms with Gasteiger partial charge in [0.05, 0.1) is 16.4 Å². The van der Waals surface area contributed by atoms with Gasteiger partial charge in [0.1, 0.15) is 0 Å². The molecule has 1 aliphatic carbocycles. The van der Waals surface area contributed by atoms with E-state index in [0.717, 1.165) is 28.3 Å². The lowest BCUT2D eigenvalue weighted by Gasteiger charge is -2.35. The van der Waals surface area contributed by atoms with E-state index >= 15 is 0 Å². The first-order valence-electron chi connectivity index (χ1n) is 23.8. The van der Waals surface area contributed by atoms with E-state index in [2.05, 4.69) is 289 Å². The Kier molecular flexibility index (Phi) is 9.77. The molecule has 1 heterocycles. The van der Waals surface area contributed by atoms with Gasteiger partial charge in [-0.3, -0.25) is 0 Å². The molecule has 0 saturated heterocycles. The molecular formula is C67H46N2. The Bertz CT molecular complexity index is 3760. The van der Waals surface area contributed by atoms with Crippen LogP contribution in [-0.4, -0.2) is 4.57 Å². The summed E-state index contributed by atoms with van der Waals surface area (Å²) in [6.45, 7) is 0. The maximum Gasteiger partial charge on any atom is 0.0714 e. The minimum Gasteiger partial charge on any atom is -0.310 e. The predicted octanol–water partition coefficient (Wildman–Crippen LogP) is 17.6. The number of benzene rings is 11. The van der Waals surface area contributed by atoms with Crippen LogP contribution in [0.25, 0.3) is 72.0 Å². The van der Waals surface area contributed by atoms with Gasteiger partial charge in [-0.25, -0.2) is 0 Å². The van der Waals surface area contributed by atoms with Crippen LogP contribution in [0.5, 0.6) is 0 Å². The average molecular weight is 879 g/mol. The zero-order valence-corrected chi connectivity index (χ0v) is 38.0. The largest absolute Gasteiger partial charge is 0.310 e. The highest BCUT2D eigenvalue weighted by atomic mass is 15.1. The summed E-state index contributed by atoms with van der Waals surface area (Å²) in [5, 5.41) is 2.50. The number of anilines is 3. The molecule has 1 aliphatic rings. The summed E-state index contributed by atoms with van der Waals surface area (Å²) in [6.07, 6.45) is 0. The second kappa shape index (κ2) is 16.7. The molecule has 0 saturated carbocycles. The molecule has 0 unspecified atom stereocenters. The number of hydrogen-bond donors (Lipinski definition) is 0. The summed E-state index contributed by atoms with van der Waals surface area (Å²) < 4.78 is 2.39. The Morgan fingerprint density at radius 1 is 0.290 bits per heavy atom. The van der Waals surface area contributed by atoms with Gasteiger partial charge in [0.25, 0.3) is 0 Å². The normalized spacial score (nSPS) is 12.5. The number of fused-ring (bicyclic) bond motifs is 6. The van der Waals surface area contributed by atoms with Gasteiger partial charge in [0.15, 0.2) is 0 Å². The third-order valence-corrected chi connectivity index (χ3v) is 14.3. The number of rotatable bonds is 9. The maximum absolute atomic E-state index is 2.46. The highest BCUT2D eigenvalue weighted by molar-refractivity contribution is 6.15. The standard InChI is InChI=1S/C67H46N2/c1-5-19-47(20-6-1)48-35-37-49(38-36-48)51-21-17-28-56(45-51)68(55-41-39-50(40-42-55)58-31-18-34-65-66(58)61-30-14-16-33-64(61)69(65)54-26-11-4-12-27-54)57-43-44-60-59-29-13-15-32-62(59)67(63(60)46-57,52-22-7-2-8-23-52)53-24-9-3-10-25-53/h1-46H. The van der Waals surface area contributed by atoms with Crippen LogP contribution in [0.4, 0.5) is 17.1 Å². The second-order valence-electron chi connectivity index (χ2n) is 18.0. The third-order valence-electron chi connectivity index (χ3n) is 14.3. The van der Waals surface area contributed by atoms with Crippen molar-refractivity contribution in [2.75, 3.05) is 4.90 Å². The first-order chi connectivity index (χ1) is 34.2. The quantitative estimate of drug-likeness (QED) is 0.140. The number of para-hydroxylation sites is 2. The molecule has 0 bridgehead atoms. The van der Waals surface area contributed by atoms with Crippen LogP contribution in [-0.2, 0) is 5.41 Å². The van der Waals surface area contributed by atoms with E-state index in [-0.39, 0.29) is 0 Å². The summed E-state index contributed by atoms with van der Waals surface area (Å²) in [5.41, 5.74) is 21.0. The van der Waals surface area contributed by atoms with E-state index in [1.54, 1.807) is 0 Å². The molecular weight excluding hydrogens is 833 g/mol. The summed E-state index contributed by atoms with van der Waals surface area (Å²) in [4.78, 5) is 2.44. The molecule has 13 rings (SSSR count). The van der Waals surface area contributed by atoms with Crippen molar-refractivity contribution < 1.29 is 0 Å². The summed E-state index contributed by atoms with van der Waals surface area (Å²) in [7, 11) is 0. The molecule has 0 fully saturated rings. The lowest BCUT2D eigenvalue weighted by Crippen LogP contribution is -2.28. The van der Waals surface area contributed by atoms with Gasteiger partial charge in [-0.05, 0) is 127 Å². The lowest BCUT2D eigenvalue weighted by molar-refractivity contribution is 0.768. The lowest BCUT2D eigenvalue weighted by atomic mass is 9.67. The highest BCUT2D eigenvalue weighted by Gasteiger charge is 2.46. The topological polar surface area (TPSA) is 8.17 Å². The first kappa shape index (κ1) is 40.3. The maximum atomic E-state index is 2.46. The number of aromatic nitrogens is 1. The van der Waals surface area contributed by atoms with Crippen molar-refractivity contribution >= 4 is 38.9 Å². The van der Waals surface area contributed by atoms with Gasteiger partial charge < -0.3 is 9.47 Å². The Hall–Kier alpha value is -8.98. The zero-order valence-electron chi connectivity index (χ0n) is 38.0. The van der Waals surface area contributed by atoms with E-state index in [0.29, 0.717) is 0 Å². The van der Waals surface area contributed by atoms with E-state index in [9.17, 15) is 0 Å². The zero-order chi connectivity index (χ0) is 45.7. The van der Waals surface area contributed by atoms with E-state index in [4.69, 9.17) is 0 Å². The Balaban J connectivity index is 0.991.